The van der Waals surface area contributed by atoms with Gasteiger partial charge in [0.2, 0.25) is 11.8 Å². The highest BCUT2D eigenvalue weighted by atomic mass is 79.9. The Morgan fingerprint density at radius 2 is 1.98 bits per heavy atom. The van der Waals surface area contributed by atoms with E-state index in [2.05, 4.69) is 60.2 Å². The lowest BCUT2D eigenvalue weighted by atomic mass is 9.87. The molecule has 0 fully saturated rings. The number of carbonyl (C=O) groups is 3. The Hall–Kier alpha value is -2.42. The van der Waals surface area contributed by atoms with Gasteiger partial charge >= 0.3 is 6.09 Å². The van der Waals surface area contributed by atoms with Crippen molar-refractivity contribution < 1.29 is 19.1 Å². The van der Waals surface area contributed by atoms with Crippen LogP contribution in [0.15, 0.2) is 40.9 Å². The third-order valence-corrected chi connectivity index (χ3v) is 8.93. The van der Waals surface area contributed by atoms with E-state index >= 15 is 0 Å². The molecule has 0 aromatic heterocycles. The van der Waals surface area contributed by atoms with Crippen LogP contribution in [0.2, 0.25) is 0 Å². The molecule has 3 aliphatic rings. The maximum absolute atomic E-state index is 14.2. The topological polar surface area (TPSA) is 91.3 Å². The highest BCUT2D eigenvalue weighted by Gasteiger charge is 2.43. The number of hydrogen-bond donors (Lipinski definition) is 1. The molecule has 9 heteroatoms. The number of alkyl carbamates (subject to hydrolysis) is 1. The van der Waals surface area contributed by atoms with Crippen LogP contribution in [0.5, 0.6) is 0 Å². The van der Waals surface area contributed by atoms with Crippen molar-refractivity contribution in [2.45, 2.75) is 103 Å². The lowest BCUT2D eigenvalue weighted by Crippen LogP contribution is -2.61. The molecule has 0 spiro atoms. The molecule has 5 atom stereocenters. The summed E-state index contributed by atoms with van der Waals surface area (Å²) in [6.45, 7) is 15.1. The Balaban J connectivity index is 1.90. The van der Waals surface area contributed by atoms with Crippen LogP contribution in [-0.2, 0) is 14.3 Å². The van der Waals surface area contributed by atoms with Crippen LogP contribution in [0.1, 0.15) is 80.6 Å². The highest BCUT2D eigenvalue weighted by molar-refractivity contribution is 9.10. The standard InChI is InChI=1S/C32H49BrN4O4/c1-21(2)27(28-35-23(4)26(33)30(39)37(28)20-24-12-9-8-10-13-24)36(29(38)25-16-14-22(3)15-17-25)19-11-18-34-31(40)41-32(5,6)7/h8-10,12,14,21,23-27H,11,13,15-20H2,1-7H3,(H,34,40). The van der Waals surface area contributed by atoms with Crippen molar-refractivity contribution in [2.24, 2.45) is 22.7 Å². The minimum absolute atomic E-state index is 0.00804. The Labute approximate surface area is 254 Å². The summed E-state index contributed by atoms with van der Waals surface area (Å²) in [6, 6.07) is -0.617. The van der Waals surface area contributed by atoms with Crippen LogP contribution in [0.3, 0.4) is 0 Å². The fourth-order valence-corrected chi connectivity index (χ4v) is 5.96. The number of nitrogens with one attached hydrogen (secondary N) is 1. The van der Waals surface area contributed by atoms with Gasteiger partial charge in [-0.15, -0.1) is 0 Å². The molecule has 1 aliphatic heterocycles. The fraction of sp³-hybridized carbons (Fsp3) is 0.688. The smallest absolute Gasteiger partial charge is 0.407 e. The van der Waals surface area contributed by atoms with Crippen molar-refractivity contribution in [1.29, 1.82) is 0 Å². The van der Waals surface area contributed by atoms with E-state index in [0.717, 1.165) is 25.7 Å². The summed E-state index contributed by atoms with van der Waals surface area (Å²) in [5.74, 6) is 0.851. The molecule has 0 saturated carbocycles. The number of allylic oxidation sites excluding steroid dienone is 5. The molecular weight excluding hydrogens is 584 g/mol. The lowest BCUT2D eigenvalue weighted by Gasteiger charge is -2.44. The van der Waals surface area contributed by atoms with Crippen LogP contribution in [0.4, 0.5) is 4.79 Å². The number of rotatable bonds is 10. The molecule has 0 bridgehead atoms. The first-order valence-corrected chi connectivity index (χ1v) is 16.0. The van der Waals surface area contributed by atoms with Crippen molar-refractivity contribution in [2.75, 3.05) is 19.6 Å². The van der Waals surface area contributed by atoms with Gasteiger partial charge in [0.25, 0.3) is 0 Å². The van der Waals surface area contributed by atoms with Crippen molar-refractivity contribution in [3.05, 3.63) is 36.0 Å². The van der Waals surface area contributed by atoms with Gasteiger partial charge < -0.3 is 15.0 Å². The Morgan fingerprint density at radius 1 is 1.24 bits per heavy atom. The SMILES string of the molecule is CC1=CCC(C(=O)N(CCCNC(=O)OC(C)(C)C)C(C2=NC(C)C(Br)C(=O)N2CC2C=CC=CC2)C(C)C)CC1. The van der Waals surface area contributed by atoms with Gasteiger partial charge in [0.05, 0.1) is 12.1 Å². The number of halogens is 1. The largest absolute Gasteiger partial charge is 0.444 e. The van der Waals surface area contributed by atoms with Crippen LogP contribution >= 0.6 is 15.9 Å². The maximum Gasteiger partial charge on any atom is 0.407 e. The van der Waals surface area contributed by atoms with Crippen LogP contribution in [-0.4, -0.2) is 75.7 Å². The molecule has 0 saturated heterocycles. The predicted molar refractivity (Wildman–Crippen MR) is 168 cm³/mol. The molecule has 0 radical (unpaired) electrons. The Bertz CT molecular complexity index is 1070. The minimum atomic E-state index is -0.580. The average molecular weight is 634 g/mol. The van der Waals surface area contributed by atoms with Crippen LogP contribution in [0.25, 0.3) is 0 Å². The van der Waals surface area contributed by atoms with Gasteiger partial charge in [0.1, 0.15) is 16.3 Å². The van der Waals surface area contributed by atoms with E-state index in [0.29, 0.717) is 31.9 Å². The maximum atomic E-state index is 14.2. The first-order valence-electron chi connectivity index (χ1n) is 15.1. The molecule has 1 N–H and O–H groups in total. The van der Waals surface area contributed by atoms with Gasteiger partial charge in [0, 0.05) is 25.6 Å². The molecule has 0 aromatic carbocycles. The third-order valence-electron chi connectivity index (χ3n) is 7.77. The number of hydrogen-bond acceptors (Lipinski definition) is 5. The second-order valence-corrected chi connectivity index (χ2v) is 13.9. The molecule has 228 valence electrons. The number of amides is 3. The quantitative estimate of drug-likeness (QED) is 0.181. The predicted octanol–water partition coefficient (Wildman–Crippen LogP) is 6.03. The number of ether oxygens (including phenoxy) is 1. The summed E-state index contributed by atoms with van der Waals surface area (Å²) in [6.07, 6.45) is 13.9. The van der Waals surface area contributed by atoms with Gasteiger partial charge in [-0.2, -0.15) is 0 Å². The molecule has 3 amide bonds. The summed E-state index contributed by atoms with van der Waals surface area (Å²) in [7, 11) is 0. The monoisotopic (exact) mass is 632 g/mol. The van der Waals surface area contributed by atoms with Gasteiger partial charge in [-0.05, 0) is 78.6 Å². The van der Waals surface area contributed by atoms with E-state index in [-0.39, 0.29) is 41.7 Å². The first-order chi connectivity index (χ1) is 19.3. The number of alkyl halides is 1. The zero-order valence-corrected chi connectivity index (χ0v) is 27.4. The number of aliphatic imine (C=N–C) groups is 1. The van der Waals surface area contributed by atoms with E-state index in [1.54, 1.807) is 0 Å². The molecular formula is C32H49BrN4O4. The van der Waals surface area contributed by atoms with E-state index < -0.39 is 16.5 Å². The lowest BCUT2D eigenvalue weighted by molar-refractivity contribution is -0.138. The number of amidine groups is 1. The van der Waals surface area contributed by atoms with Crippen LogP contribution in [0, 0.1) is 17.8 Å². The zero-order valence-electron chi connectivity index (χ0n) is 25.9. The van der Waals surface area contributed by atoms with E-state index in [1.165, 1.54) is 5.57 Å². The third kappa shape index (κ3) is 9.29. The molecule has 0 aromatic rings. The molecule has 3 rings (SSSR count). The normalized spacial score (nSPS) is 25.5. The molecule has 41 heavy (non-hydrogen) atoms. The van der Waals surface area contributed by atoms with Crippen molar-refractivity contribution in [1.82, 2.24) is 15.1 Å². The van der Waals surface area contributed by atoms with Crippen molar-refractivity contribution >= 4 is 39.7 Å². The minimum Gasteiger partial charge on any atom is -0.444 e. The zero-order chi connectivity index (χ0) is 30.3. The van der Waals surface area contributed by atoms with Crippen molar-refractivity contribution in [3.63, 3.8) is 0 Å². The number of carbonyl (C=O) groups excluding carboxylic acids is 3. The van der Waals surface area contributed by atoms with E-state index in [9.17, 15) is 14.4 Å². The number of nitrogens with zero attached hydrogens (tertiary/aromatic N) is 3. The summed E-state index contributed by atoms with van der Waals surface area (Å²) >= 11 is 3.59. The van der Waals surface area contributed by atoms with E-state index in [4.69, 9.17) is 9.73 Å². The van der Waals surface area contributed by atoms with Gasteiger partial charge in [-0.3, -0.25) is 19.5 Å². The summed E-state index contributed by atoms with van der Waals surface area (Å²) < 4.78 is 5.38. The summed E-state index contributed by atoms with van der Waals surface area (Å²) in [5, 5.41) is 2.83. The van der Waals surface area contributed by atoms with Crippen LogP contribution < -0.4 is 5.32 Å². The second-order valence-electron chi connectivity index (χ2n) is 12.9. The van der Waals surface area contributed by atoms with Crippen molar-refractivity contribution in [3.8, 4) is 0 Å². The summed E-state index contributed by atoms with van der Waals surface area (Å²) in [4.78, 5) is 48.6. The molecule has 5 unspecified atom stereocenters. The van der Waals surface area contributed by atoms with E-state index in [1.807, 2.05) is 49.6 Å². The van der Waals surface area contributed by atoms with Gasteiger partial charge in [0.15, 0.2) is 0 Å². The van der Waals surface area contributed by atoms with Gasteiger partial charge in [-0.25, -0.2) is 4.79 Å². The Kier molecular flexibility index (Phi) is 11.8. The highest BCUT2D eigenvalue weighted by Crippen LogP contribution is 2.31. The molecule has 1 heterocycles. The van der Waals surface area contributed by atoms with Gasteiger partial charge in [-0.1, -0.05) is 65.7 Å². The summed E-state index contributed by atoms with van der Waals surface area (Å²) in [5.41, 5.74) is 0.743. The second kappa shape index (κ2) is 14.7. The fourth-order valence-electron chi connectivity index (χ4n) is 5.59. The average Bonchev–Trinajstić information content (AvgIpc) is 2.90. The molecule has 2 aliphatic carbocycles. The molecule has 8 nitrogen and oxygen atoms in total. The Morgan fingerprint density at radius 3 is 2.56 bits per heavy atom. The first kappa shape index (κ1) is 33.1.